The molecule has 0 aliphatic heterocycles. The first-order chi connectivity index (χ1) is 9.66. The van der Waals surface area contributed by atoms with Gasteiger partial charge in [0.15, 0.2) is 5.78 Å². The van der Waals surface area contributed by atoms with Gasteiger partial charge < -0.3 is 0 Å². The highest BCUT2D eigenvalue weighted by molar-refractivity contribution is 6.00. The molecule has 102 valence electrons. The zero-order valence-corrected chi connectivity index (χ0v) is 12.1. The number of carbonyl (C=O) groups excluding carboxylic acids is 1. The monoisotopic (exact) mass is 264 g/mol. The van der Waals surface area contributed by atoms with Gasteiger partial charge in [0.25, 0.3) is 0 Å². The van der Waals surface area contributed by atoms with Gasteiger partial charge in [-0.25, -0.2) is 0 Å². The van der Waals surface area contributed by atoms with Gasteiger partial charge in [-0.3, -0.25) is 4.79 Å². The lowest BCUT2D eigenvalue weighted by molar-refractivity contribution is 0.0884. The topological polar surface area (TPSA) is 17.1 Å². The summed E-state index contributed by atoms with van der Waals surface area (Å²) in [5.74, 6) is 0.726. The van der Waals surface area contributed by atoms with E-state index in [0.29, 0.717) is 5.78 Å². The fraction of sp³-hybridized carbons (Fsp3) is 0.316. The number of rotatable bonds is 2. The second kappa shape index (κ2) is 5.24. The van der Waals surface area contributed by atoms with Crippen molar-refractivity contribution >= 4 is 5.78 Å². The van der Waals surface area contributed by atoms with Crippen LogP contribution in [0.2, 0.25) is 0 Å². The fourth-order valence-corrected chi connectivity index (χ4v) is 3.20. The van der Waals surface area contributed by atoms with Gasteiger partial charge in [-0.2, -0.15) is 0 Å². The Morgan fingerprint density at radius 2 is 1.75 bits per heavy atom. The van der Waals surface area contributed by atoms with Crippen LogP contribution < -0.4 is 0 Å². The molecule has 2 aromatic rings. The maximum Gasteiger partial charge on any atom is 0.166 e. The maximum atomic E-state index is 12.7. The standard InChI is InChI=1S/C19H20O/c1-13-7-9-15(10-8-13)14(2)17-12-11-16-5-3-4-6-18(16)19(17)20/h3-10,14,17H,11-12H2,1-2H3/t14-,17+/m1/s1. The van der Waals surface area contributed by atoms with Crippen LogP contribution in [0.5, 0.6) is 0 Å². The van der Waals surface area contributed by atoms with Crippen molar-refractivity contribution in [2.24, 2.45) is 5.92 Å². The Kier molecular flexibility index (Phi) is 3.43. The van der Waals surface area contributed by atoms with Crippen LogP contribution in [0.25, 0.3) is 0 Å². The summed E-state index contributed by atoms with van der Waals surface area (Å²) >= 11 is 0. The lowest BCUT2D eigenvalue weighted by Gasteiger charge is -2.28. The molecule has 1 heteroatoms. The van der Waals surface area contributed by atoms with Gasteiger partial charge in [0.1, 0.15) is 0 Å². The summed E-state index contributed by atoms with van der Waals surface area (Å²) in [5, 5.41) is 0. The van der Waals surface area contributed by atoms with Gasteiger partial charge in [-0.05, 0) is 36.8 Å². The highest BCUT2D eigenvalue weighted by Crippen LogP contribution is 2.35. The van der Waals surface area contributed by atoms with Gasteiger partial charge in [0, 0.05) is 11.5 Å². The van der Waals surface area contributed by atoms with Crippen molar-refractivity contribution in [3.8, 4) is 0 Å². The molecule has 0 radical (unpaired) electrons. The lowest BCUT2D eigenvalue weighted by Crippen LogP contribution is -2.26. The molecule has 0 aromatic heterocycles. The first-order valence-corrected chi connectivity index (χ1v) is 7.35. The third-order valence-electron chi connectivity index (χ3n) is 4.55. The van der Waals surface area contributed by atoms with Crippen LogP contribution in [0.15, 0.2) is 48.5 Å². The average molecular weight is 264 g/mol. The Bertz CT molecular complexity index is 624. The number of hydrogen-bond acceptors (Lipinski definition) is 1. The van der Waals surface area contributed by atoms with Gasteiger partial charge in [0.05, 0.1) is 0 Å². The largest absolute Gasteiger partial charge is 0.294 e. The quantitative estimate of drug-likeness (QED) is 0.778. The minimum absolute atomic E-state index is 0.118. The van der Waals surface area contributed by atoms with Gasteiger partial charge in [0.2, 0.25) is 0 Å². The summed E-state index contributed by atoms with van der Waals surface area (Å²) in [6.45, 7) is 4.28. The van der Waals surface area contributed by atoms with Crippen LogP contribution in [0.3, 0.4) is 0 Å². The Balaban J connectivity index is 1.89. The van der Waals surface area contributed by atoms with E-state index in [2.05, 4.69) is 44.2 Å². The molecule has 0 heterocycles. The number of ketones is 1. The minimum atomic E-state index is 0.118. The van der Waals surface area contributed by atoms with Gasteiger partial charge in [-0.15, -0.1) is 0 Å². The lowest BCUT2D eigenvalue weighted by atomic mass is 9.74. The number of fused-ring (bicyclic) bond motifs is 1. The minimum Gasteiger partial charge on any atom is -0.294 e. The second-order valence-corrected chi connectivity index (χ2v) is 5.87. The first kappa shape index (κ1) is 13.1. The summed E-state index contributed by atoms with van der Waals surface area (Å²) < 4.78 is 0. The maximum absolute atomic E-state index is 12.7. The predicted molar refractivity (Wildman–Crippen MR) is 82.2 cm³/mol. The summed E-state index contributed by atoms with van der Waals surface area (Å²) in [4.78, 5) is 12.7. The molecule has 2 atom stereocenters. The SMILES string of the molecule is Cc1ccc([C@@H](C)[C@@H]2CCc3ccccc3C2=O)cc1. The van der Waals surface area contributed by atoms with Crippen LogP contribution in [0.1, 0.15) is 46.3 Å². The van der Waals surface area contributed by atoms with E-state index < -0.39 is 0 Å². The summed E-state index contributed by atoms with van der Waals surface area (Å²) in [6.07, 6.45) is 1.98. The molecule has 1 nitrogen and oxygen atoms in total. The molecule has 0 unspecified atom stereocenters. The van der Waals surface area contributed by atoms with Crippen molar-refractivity contribution in [1.29, 1.82) is 0 Å². The zero-order chi connectivity index (χ0) is 14.1. The van der Waals surface area contributed by atoms with E-state index in [4.69, 9.17) is 0 Å². The van der Waals surface area contributed by atoms with Gasteiger partial charge in [-0.1, -0.05) is 61.0 Å². The molecule has 0 saturated heterocycles. The molecule has 0 fully saturated rings. The summed E-state index contributed by atoms with van der Waals surface area (Å²) in [6, 6.07) is 16.6. The number of benzene rings is 2. The molecule has 3 rings (SSSR count). The van der Waals surface area contributed by atoms with E-state index in [1.165, 1.54) is 16.7 Å². The molecule has 0 amide bonds. The molecule has 20 heavy (non-hydrogen) atoms. The van der Waals surface area contributed by atoms with Gasteiger partial charge >= 0.3 is 0 Å². The molecule has 0 bridgehead atoms. The van der Waals surface area contributed by atoms with Crippen LogP contribution in [0.4, 0.5) is 0 Å². The number of carbonyl (C=O) groups is 1. The van der Waals surface area contributed by atoms with Crippen molar-refractivity contribution in [2.45, 2.75) is 32.6 Å². The molecule has 0 N–H and O–H groups in total. The highest BCUT2D eigenvalue weighted by atomic mass is 16.1. The van der Waals surface area contributed by atoms with Crippen molar-refractivity contribution in [3.05, 3.63) is 70.8 Å². The smallest absolute Gasteiger partial charge is 0.166 e. The van der Waals surface area contributed by atoms with Crippen LogP contribution in [-0.2, 0) is 6.42 Å². The van der Waals surface area contributed by atoms with E-state index in [-0.39, 0.29) is 11.8 Å². The van der Waals surface area contributed by atoms with E-state index in [0.717, 1.165) is 18.4 Å². The van der Waals surface area contributed by atoms with Crippen molar-refractivity contribution in [2.75, 3.05) is 0 Å². The molecular weight excluding hydrogens is 244 g/mol. The Hall–Kier alpha value is -1.89. The Morgan fingerprint density at radius 1 is 1.05 bits per heavy atom. The fourth-order valence-electron chi connectivity index (χ4n) is 3.20. The third kappa shape index (κ3) is 2.29. The first-order valence-electron chi connectivity index (χ1n) is 7.35. The van der Waals surface area contributed by atoms with E-state index in [1.807, 2.05) is 18.2 Å². The number of Topliss-reactive ketones (excluding diaryl/α,β-unsaturated/α-hetero) is 1. The highest BCUT2D eigenvalue weighted by Gasteiger charge is 2.31. The van der Waals surface area contributed by atoms with Crippen LogP contribution in [0, 0.1) is 12.8 Å². The Morgan fingerprint density at radius 3 is 2.50 bits per heavy atom. The number of hydrogen-bond donors (Lipinski definition) is 0. The van der Waals surface area contributed by atoms with E-state index in [1.54, 1.807) is 0 Å². The van der Waals surface area contributed by atoms with E-state index in [9.17, 15) is 4.79 Å². The summed E-state index contributed by atoms with van der Waals surface area (Å²) in [7, 11) is 0. The molecule has 1 aliphatic carbocycles. The van der Waals surface area contributed by atoms with E-state index >= 15 is 0 Å². The second-order valence-electron chi connectivity index (χ2n) is 5.87. The molecule has 1 aliphatic rings. The van der Waals surface area contributed by atoms with Crippen molar-refractivity contribution < 1.29 is 4.79 Å². The molecular formula is C19H20O. The van der Waals surface area contributed by atoms with Crippen LogP contribution >= 0.6 is 0 Å². The van der Waals surface area contributed by atoms with Crippen molar-refractivity contribution in [3.63, 3.8) is 0 Å². The Labute approximate surface area is 120 Å². The molecule has 0 saturated carbocycles. The number of aryl methyl sites for hydroxylation is 2. The average Bonchev–Trinajstić information content (AvgIpc) is 2.48. The third-order valence-corrected chi connectivity index (χ3v) is 4.55. The normalized spacial score (nSPS) is 19.5. The zero-order valence-electron chi connectivity index (χ0n) is 12.1. The molecule has 2 aromatic carbocycles. The van der Waals surface area contributed by atoms with Crippen LogP contribution in [-0.4, -0.2) is 5.78 Å². The van der Waals surface area contributed by atoms with Crippen molar-refractivity contribution in [1.82, 2.24) is 0 Å². The summed E-state index contributed by atoms with van der Waals surface area (Å²) in [5.41, 5.74) is 4.68. The molecule has 0 spiro atoms. The predicted octanol–water partition coefficient (Wildman–Crippen LogP) is 4.54.